The predicted molar refractivity (Wildman–Crippen MR) is 128 cm³/mol. The van der Waals surface area contributed by atoms with Crippen LogP contribution in [0.4, 0.5) is 14.6 Å². The summed E-state index contributed by atoms with van der Waals surface area (Å²) in [4.78, 5) is 20.9. The molecule has 0 spiro atoms. The topological polar surface area (TPSA) is 85.4 Å². The Morgan fingerprint density at radius 3 is 2.68 bits per heavy atom. The van der Waals surface area contributed by atoms with Gasteiger partial charge in [0.1, 0.15) is 22.7 Å². The quantitative estimate of drug-likeness (QED) is 0.276. The summed E-state index contributed by atoms with van der Waals surface area (Å²) in [7, 11) is 3.33. The van der Waals surface area contributed by atoms with Gasteiger partial charge in [0.2, 0.25) is 0 Å². The number of aromatic carboxylic acids is 1. The number of carbonyl (C=O) groups is 1. The molecule has 3 heterocycles. The van der Waals surface area contributed by atoms with Gasteiger partial charge in [-0.25, -0.2) is 19.1 Å². The van der Waals surface area contributed by atoms with Crippen molar-refractivity contribution in [3.8, 4) is 17.3 Å². The van der Waals surface area contributed by atoms with Gasteiger partial charge in [-0.15, -0.1) is 0 Å². The number of rotatable bonds is 8. The number of carboxylic acid groups (broad SMARTS) is 1. The fourth-order valence-electron chi connectivity index (χ4n) is 4.26. The first kappa shape index (κ1) is 22.5. The summed E-state index contributed by atoms with van der Waals surface area (Å²) in [6, 6.07) is 8.33. The molecule has 0 aliphatic heterocycles. The second-order valence-corrected chi connectivity index (χ2v) is 9.06. The van der Waals surface area contributed by atoms with Crippen LogP contribution in [0.15, 0.2) is 30.3 Å². The Morgan fingerprint density at radius 2 is 2.06 bits per heavy atom. The average molecular weight is 488 g/mol. The minimum atomic E-state index is -2.68. The van der Waals surface area contributed by atoms with Crippen LogP contribution in [0.2, 0.25) is 0 Å². The summed E-state index contributed by atoms with van der Waals surface area (Å²) in [5.74, 6) is 0.647. The van der Waals surface area contributed by atoms with Gasteiger partial charge in [0.05, 0.1) is 23.9 Å². The van der Waals surface area contributed by atoms with Crippen molar-refractivity contribution in [2.45, 2.75) is 25.9 Å². The van der Waals surface area contributed by atoms with Crippen molar-refractivity contribution < 1.29 is 23.4 Å². The van der Waals surface area contributed by atoms with Crippen LogP contribution in [-0.2, 0) is 13.6 Å². The molecule has 0 unspecified atom stereocenters. The summed E-state index contributed by atoms with van der Waals surface area (Å²) in [5, 5.41) is 10.3. The van der Waals surface area contributed by atoms with Gasteiger partial charge in [-0.2, -0.15) is 8.78 Å². The lowest BCUT2D eigenvalue weighted by Crippen LogP contribution is -2.21. The molecule has 0 amide bonds. The highest BCUT2D eigenvalue weighted by Crippen LogP contribution is 2.38. The second-order valence-electron chi connectivity index (χ2n) is 8.30. The third-order valence-electron chi connectivity index (χ3n) is 6.10. The number of imidazole rings is 1. The van der Waals surface area contributed by atoms with Crippen molar-refractivity contribution in [3.63, 3.8) is 0 Å². The summed E-state index contributed by atoms with van der Waals surface area (Å²) < 4.78 is 37.2. The molecule has 0 radical (unpaired) electrons. The number of aromatic nitrogens is 4. The normalized spacial score (nSPS) is 13.8. The van der Waals surface area contributed by atoms with E-state index in [9.17, 15) is 18.7 Å². The van der Waals surface area contributed by atoms with Gasteiger partial charge >= 0.3 is 12.5 Å². The van der Waals surface area contributed by atoms with E-state index in [0.29, 0.717) is 40.7 Å². The third kappa shape index (κ3) is 3.73. The first-order valence-corrected chi connectivity index (χ1v) is 11.9. The number of carboxylic acids is 1. The van der Waals surface area contributed by atoms with Gasteiger partial charge in [-0.1, -0.05) is 0 Å². The molecule has 0 bridgehead atoms. The minimum Gasteiger partial charge on any atom is -0.494 e. The van der Waals surface area contributed by atoms with Crippen LogP contribution in [0.5, 0.6) is 5.75 Å². The summed E-state index contributed by atoms with van der Waals surface area (Å²) in [6.45, 7) is -1.98. The van der Waals surface area contributed by atoms with Gasteiger partial charge in [0.15, 0.2) is 5.82 Å². The van der Waals surface area contributed by atoms with E-state index in [1.54, 1.807) is 18.4 Å². The van der Waals surface area contributed by atoms with Crippen LogP contribution in [-0.4, -0.2) is 50.1 Å². The van der Waals surface area contributed by atoms with E-state index in [-0.39, 0.29) is 11.4 Å². The molecule has 1 saturated carbocycles. The summed E-state index contributed by atoms with van der Waals surface area (Å²) >= 11 is 0.921. The number of ether oxygens (including phenoxy) is 1. The SMILES string of the molecule is COc1cc(C(=O)O)cc2nc(-c3cc4ccc(N(SC)C(F)F)nc4n3CC3CC3)n(C)c12. The maximum atomic E-state index is 13.5. The van der Waals surface area contributed by atoms with Crippen molar-refractivity contribution in [3.05, 3.63) is 35.9 Å². The monoisotopic (exact) mass is 487 g/mol. The molecular formula is C23H23F2N5O3S. The fourth-order valence-corrected chi connectivity index (χ4v) is 4.71. The number of fused-ring (bicyclic) bond motifs is 2. The minimum absolute atomic E-state index is 0.0861. The van der Waals surface area contributed by atoms with Crippen LogP contribution >= 0.6 is 11.9 Å². The highest BCUT2D eigenvalue weighted by Gasteiger charge is 2.27. The molecule has 34 heavy (non-hydrogen) atoms. The number of hydrogen-bond donors (Lipinski definition) is 1. The summed E-state index contributed by atoms with van der Waals surface area (Å²) in [5.41, 5.74) is 2.66. The van der Waals surface area contributed by atoms with Crippen molar-refractivity contribution in [2.75, 3.05) is 17.7 Å². The number of alkyl halides is 2. The van der Waals surface area contributed by atoms with Gasteiger partial charge in [0.25, 0.3) is 0 Å². The molecule has 8 nitrogen and oxygen atoms in total. The van der Waals surface area contributed by atoms with Gasteiger partial charge < -0.3 is 19.0 Å². The Morgan fingerprint density at radius 1 is 1.29 bits per heavy atom. The lowest BCUT2D eigenvalue weighted by molar-refractivity contribution is 0.0696. The Hall–Kier alpha value is -3.34. The van der Waals surface area contributed by atoms with E-state index in [2.05, 4.69) is 4.98 Å². The standard InChI is InChI=1S/C23H23F2N5O3S/c1-28-19-15(8-14(22(31)32)10-17(19)33-2)26-21(28)16-9-13-6-7-18(30(34-3)23(24)25)27-20(13)29(16)11-12-4-5-12/h6-10,12,23H,4-5,11H2,1-3H3,(H,31,32). The fraction of sp³-hybridized carbons (Fsp3) is 0.348. The lowest BCUT2D eigenvalue weighted by Gasteiger charge is -2.19. The largest absolute Gasteiger partial charge is 0.494 e. The Kier molecular flexibility index (Phi) is 5.59. The number of hydrogen-bond acceptors (Lipinski definition) is 6. The van der Waals surface area contributed by atoms with Gasteiger partial charge in [-0.05, 0) is 61.0 Å². The molecule has 11 heteroatoms. The zero-order chi connectivity index (χ0) is 24.1. The zero-order valence-corrected chi connectivity index (χ0v) is 19.6. The van der Waals surface area contributed by atoms with Gasteiger partial charge in [-0.3, -0.25) is 0 Å². The molecule has 178 valence electrons. The Balaban J connectivity index is 1.73. The number of halogens is 2. The molecule has 1 fully saturated rings. The molecular weight excluding hydrogens is 464 g/mol. The maximum Gasteiger partial charge on any atom is 0.335 e. The van der Waals surface area contributed by atoms with Crippen molar-refractivity contribution in [1.82, 2.24) is 19.1 Å². The number of aryl methyl sites for hydroxylation is 1. The van der Waals surface area contributed by atoms with Crippen molar-refractivity contribution in [1.29, 1.82) is 0 Å². The number of nitrogens with zero attached hydrogens (tertiary/aromatic N) is 5. The summed E-state index contributed by atoms with van der Waals surface area (Å²) in [6.07, 6.45) is 3.79. The smallest absolute Gasteiger partial charge is 0.335 e. The molecule has 0 saturated heterocycles. The van der Waals surface area contributed by atoms with Crippen LogP contribution in [0, 0.1) is 5.92 Å². The first-order valence-electron chi connectivity index (χ1n) is 10.7. The highest BCUT2D eigenvalue weighted by molar-refractivity contribution is 7.99. The predicted octanol–water partition coefficient (Wildman–Crippen LogP) is 5.01. The van der Waals surface area contributed by atoms with Crippen molar-refractivity contribution in [2.24, 2.45) is 13.0 Å². The number of pyridine rings is 1. The molecule has 1 aliphatic rings. The van der Waals surface area contributed by atoms with Crippen molar-refractivity contribution >= 4 is 45.8 Å². The van der Waals surface area contributed by atoms with Crippen LogP contribution in [0.1, 0.15) is 23.2 Å². The molecule has 1 aliphatic carbocycles. The van der Waals surface area contributed by atoms with E-state index in [1.165, 1.54) is 19.2 Å². The Labute approximate surface area is 198 Å². The van der Waals surface area contributed by atoms with E-state index in [0.717, 1.165) is 40.2 Å². The molecule has 3 aromatic heterocycles. The van der Waals surface area contributed by atoms with Crippen LogP contribution < -0.4 is 9.04 Å². The average Bonchev–Trinajstić information content (AvgIpc) is 3.48. The first-order chi connectivity index (χ1) is 16.3. The molecule has 5 rings (SSSR count). The van der Waals surface area contributed by atoms with E-state index in [4.69, 9.17) is 9.72 Å². The molecule has 1 aromatic carbocycles. The van der Waals surface area contributed by atoms with E-state index in [1.807, 2.05) is 22.2 Å². The second kappa shape index (κ2) is 8.46. The van der Waals surface area contributed by atoms with Crippen LogP contribution in [0.25, 0.3) is 33.6 Å². The lowest BCUT2D eigenvalue weighted by atomic mass is 10.2. The molecule has 1 N–H and O–H groups in total. The number of methoxy groups -OCH3 is 1. The third-order valence-corrected chi connectivity index (χ3v) is 6.84. The van der Waals surface area contributed by atoms with Crippen LogP contribution in [0.3, 0.4) is 0 Å². The Bertz CT molecular complexity index is 1410. The number of benzene rings is 1. The van der Waals surface area contributed by atoms with E-state index < -0.39 is 12.5 Å². The van der Waals surface area contributed by atoms with Gasteiger partial charge in [0, 0.05) is 25.2 Å². The number of anilines is 1. The molecule has 4 aromatic rings. The maximum absolute atomic E-state index is 13.5. The highest BCUT2D eigenvalue weighted by atomic mass is 32.2. The van der Waals surface area contributed by atoms with E-state index >= 15 is 0 Å². The zero-order valence-electron chi connectivity index (χ0n) is 18.8. The molecule has 0 atom stereocenters.